The number of piperidine rings is 1. The van der Waals surface area contributed by atoms with Gasteiger partial charge in [0.05, 0.1) is 5.69 Å². The molecule has 1 saturated heterocycles. The average Bonchev–Trinajstić information content (AvgIpc) is 2.86. The summed E-state index contributed by atoms with van der Waals surface area (Å²) in [5.74, 6) is 1.99. The van der Waals surface area contributed by atoms with Gasteiger partial charge in [-0.3, -0.25) is 14.9 Å². The van der Waals surface area contributed by atoms with Crippen LogP contribution in [0.25, 0.3) is 11.3 Å². The molecule has 6 heteroatoms. The smallest absolute Gasteiger partial charge is 0.135 e. The molecule has 4 aromatic rings. The molecule has 5 rings (SSSR count). The summed E-state index contributed by atoms with van der Waals surface area (Å²) in [5.41, 5.74) is 4.19. The zero-order chi connectivity index (χ0) is 21.6. The lowest BCUT2D eigenvalue weighted by Crippen LogP contribution is -2.34. The SMILES string of the molecule is c1ccc(Nc2cc(-c3cccnc3)nc([C@H]3CCCN(Cc4ccncc4)C3)n2)cc1. The van der Waals surface area contributed by atoms with Crippen molar-refractivity contribution in [2.24, 2.45) is 0 Å². The van der Waals surface area contributed by atoms with Crippen LogP contribution in [-0.2, 0) is 6.54 Å². The average molecular weight is 423 g/mol. The first-order chi connectivity index (χ1) is 15.8. The van der Waals surface area contributed by atoms with Gasteiger partial charge in [-0.25, -0.2) is 9.97 Å². The van der Waals surface area contributed by atoms with Crippen molar-refractivity contribution < 1.29 is 0 Å². The van der Waals surface area contributed by atoms with Crippen LogP contribution in [0.1, 0.15) is 30.1 Å². The van der Waals surface area contributed by atoms with Crippen molar-refractivity contribution in [2.75, 3.05) is 18.4 Å². The van der Waals surface area contributed by atoms with Crippen LogP contribution in [0.5, 0.6) is 0 Å². The van der Waals surface area contributed by atoms with Crippen LogP contribution in [0.15, 0.2) is 85.5 Å². The van der Waals surface area contributed by atoms with Gasteiger partial charge >= 0.3 is 0 Å². The second-order valence-electron chi connectivity index (χ2n) is 8.16. The third-order valence-corrected chi connectivity index (χ3v) is 5.77. The molecule has 0 radical (unpaired) electrons. The van der Waals surface area contributed by atoms with E-state index >= 15 is 0 Å². The number of hydrogen-bond donors (Lipinski definition) is 1. The van der Waals surface area contributed by atoms with Crippen molar-refractivity contribution in [3.63, 3.8) is 0 Å². The number of likely N-dealkylation sites (tertiary alicyclic amines) is 1. The van der Waals surface area contributed by atoms with Crippen molar-refractivity contribution in [1.29, 1.82) is 0 Å². The largest absolute Gasteiger partial charge is 0.340 e. The zero-order valence-electron chi connectivity index (χ0n) is 17.9. The maximum absolute atomic E-state index is 4.98. The minimum atomic E-state index is 0.290. The third-order valence-electron chi connectivity index (χ3n) is 5.77. The van der Waals surface area contributed by atoms with Crippen LogP contribution in [0.4, 0.5) is 11.5 Å². The molecule has 6 nitrogen and oxygen atoms in total. The fourth-order valence-corrected chi connectivity index (χ4v) is 4.20. The molecule has 0 unspecified atom stereocenters. The molecule has 0 saturated carbocycles. The maximum atomic E-state index is 4.98. The maximum Gasteiger partial charge on any atom is 0.135 e. The summed E-state index contributed by atoms with van der Waals surface area (Å²) in [5, 5.41) is 3.45. The van der Waals surface area contributed by atoms with Gasteiger partial charge in [-0.2, -0.15) is 0 Å². The van der Waals surface area contributed by atoms with Crippen LogP contribution < -0.4 is 5.32 Å². The van der Waals surface area contributed by atoms with Crippen LogP contribution in [0.3, 0.4) is 0 Å². The van der Waals surface area contributed by atoms with Gasteiger partial charge in [0, 0.05) is 61.1 Å². The van der Waals surface area contributed by atoms with E-state index in [0.29, 0.717) is 5.92 Å². The Morgan fingerprint density at radius 2 is 1.78 bits per heavy atom. The van der Waals surface area contributed by atoms with Crippen molar-refractivity contribution in [3.05, 3.63) is 96.8 Å². The van der Waals surface area contributed by atoms with E-state index in [2.05, 4.69) is 32.3 Å². The van der Waals surface area contributed by atoms with Crippen LogP contribution in [0.2, 0.25) is 0 Å². The quantitative estimate of drug-likeness (QED) is 0.469. The highest BCUT2D eigenvalue weighted by molar-refractivity contribution is 5.65. The molecule has 3 aromatic heterocycles. The second-order valence-corrected chi connectivity index (χ2v) is 8.16. The van der Waals surface area contributed by atoms with E-state index in [1.807, 2.05) is 67.1 Å². The van der Waals surface area contributed by atoms with Crippen molar-refractivity contribution in [2.45, 2.75) is 25.3 Å². The molecule has 0 aliphatic carbocycles. The van der Waals surface area contributed by atoms with Crippen LogP contribution >= 0.6 is 0 Å². The molecule has 1 atom stereocenters. The minimum Gasteiger partial charge on any atom is -0.340 e. The molecule has 1 aliphatic heterocycles. The van der Waals surface area contributed by atoms with Crippen molar-refractivity contribution >= 4 is 11.5 Å². The Bertz CT molecular complexity index is 1130. The molecule has 0 amide bonds. The Balaban J connectivity index is 1.43. The summed E-state index contributed by atoms with van der Waals surface area (Å²) >= 11 is 0. The van der Waals surface area contributed by atoms with Gasteiger partial charge in [0.15, 0.2) is 0 Å². The van der Waals surface area contributed by atoms with Crippen LogP contribution in [0, 0.1) is 0 Å². The fourth-order valence-electron chi connectivity index (χ4n) is 4.20. The molecular weight excluding hydrogens is 396 g/mol. The summed E-state index contributed by atoms with van der Waals surface area (Å²) in [6.07, 6.45) is 9.59. The molecule has 0 bridgehead atoms. The Morgan fingerprint density at radius 1 is 0.906 bits per heavy atom. The monoisotopic (exact) mass is 422 g/mol. The highest BCUT2D eigenvalue weighted by atomic mass is 15.1. The Morgan fingerprint density at radius 3 is 2.59 bits per heavy atom. The summed E-state index contributed by atoms with van der Waals surface area (Å²) in [6.45, 7) is 2.97. The molecule has 160 valence electrons. The minimum absolute atomic E-state index is 0.290. The summed E-state index contributed by atoms with van der Waals surface area (Å²) in [7, 11) is 0. The lowest BCUT2D eigenvalue weighted by Gasteiger charge is -2.32. The lowest BCUT2D eigenvalue weighted by molar-refractivity contribution is 0.196. The van der Waals surface area contributed by atoms with E-state index in [0.717, 1.165) is 61.1 Å². The fraction of sp³-hybridized carbons (Fsp3) is 0.231. The van der Waals surface area contributed by atoms with Crippen molar-refractivity contribution in [1.82, 2.24) is 24.8 Å². The molecule has 1 fully saturated rings. The van der Waals surface area contributed by atoms with Gasteiger partial charge < -0.3 is 5.32 Å². The predicted molar refractivity (Wildman–Crippen MR) is 126 cm³/mol. The number of hydrogen-bond acceptors (Lipinski definition) is 6. The number of rotatable bonds is 6. The number of anilines is 2. The number of nitrogens with one attached hydrogen (secondary N) is 1. The van der Waals surface area contributed by atoms with E-state index < -0.39 is 0 Å². The first-order valence-electron chi connectivity index (χ1n) is 11.1. The standard InChI is InChI=1S/C26H26N6/c1-2-8-23(9-3-1)29-25-16-24(21-6-4-12-28-17-21)30-26(31-25)22-7-5-15-32(19-22)18-20-10-13-27-14-11-20/h1-4,6,8-14,16-17,22H,5,7,15,18-19H2,(H,29,30,31)/t22-/m0/s1. The van der Waals surface area contributed by atoms with Gasteiger partial charge in [0.25, 0.3) is 0 Å². The molecular formula is C26H26N6. The van der Waals surface area contributed by atoms with E-state index in [4.69, 9.17) is 9.97 Å². The third kappa shape index (κ3) is 4.98. The van der Waals surface area contributed by atoms with Gasteiger partial charge in [0.2, 0.25) is 0 Å². The number of nitrogens with zero attached hydrogens (tertiary/aromatic N) is 5. The Kier molecular flexibility index (Phi) is 6.12. The van der Waals surface area contributed by atoms with Gasteiger partial charge in [-0.1, -0.05) is 18.2 Å². The summed E-state index contributed by atoms with van der Waals surface area (Å²) in [6, 6.07) is 20.3. The molecule has 1 aromatic carbocycles. The highest BCUT2D eigenvalue weighted by Gasteiger charge is 2.24. The van der Waals surface area contributed by atoms with E-state index in [1.54, 1.807) is 6.20 Å². The number of aromatic nitrogens is 4. The zero-order valence-corrected chi connectivity index (χ0v) is 17.9. The lowest BCUT2D eigenvalue weighted by atomic mass is 9.96. The molecule has 4 heterocycles. The van der Waals surface area contributed by atoms with E-state index in [-0.39, 0.29) is 0 Å². The highest BCUT2D eigenvalue weighted by Crippen LogP contribution is 2.29. The summed E-state index contributed by atoms with van der Waals surface area (Å²) < 4.78 is 0. The topological polar surface area (TPSA) is 66.8 Å². The van der Waals surface area contributed by atoms with Crippen LogP contribution in [-0.4, -0.2) is 37.9 Å². The number of pyridine rings is 2. The first-order valence-corrected chi connectivity index (χ1v) is 11.1. The Hall–Kier alpha value is -3.64. The number of para-hydroxylation sites is 1. The van der Waals surface area contributed by atoms with Crippen molar-refractivity contribution in [3.8, 4) is 11.3 Å². The predicted octanol–water partition coefficient (Wildman–Crippen LogP) is 5.06. The van der Waals surface area contributed by atoms with Gasteiger partial charge in [0.1, 0.15) is 11.6 Å². The molecule has 0 spiro atoms. The molecule has 1 aliphatic rings. The number of benzene rings is 1. The Labute approximate surface area is 188 Å². The molecule has 1 N–H and O–H groups in total. The van der Waals surface area contributed by atoms with E-state index in [9.17, 15) is 0 Å². The van der Waals surface area contributed by atoms with Gasteiger partial charge in [-0.05, 0) is 61.3 Å². The summed E-state index contributed by atoms with van der Waals surface area (Å²) in [4.78, 5) is 20.8. The van der Waals surface area contributed by atoms with Gasteiger partial charge in [-0.15, -0.1) is 0 Å². The van der Waals surface area contributed by atoms with E-state index in [1.165, 1.54) is 5.56 Å². The second kappa shape index (κ2) is 9.66. The normalized spacial score (nSPS) is 16.6. The first kappa shape index (κ1) is 20.3. The molecule has 32 heavy (non-hydrogen) atoms.